The summed E-state index contributed by atoms with van der Waals surface area (Å²) in [5.41, 5.74) is 0.310. The van der Waals surface area contributed by atoms with Crippen LogP contribution in [-0.2, 0) is 14.4 Å². The van der Waals surface area contributed by atoms with Crippen molar-refractivity contribution in [3.8, 4) is 11.5 Å². The van der Waals surface area contributed by atoms with Crippen LogP contribution in [0.25, 0.3) is 0 Å². The van der Waals surface area contributed by atoms with Crippen molar-refractivity contribution in [3.05, 3.63) is 52.3 Å². The molecule has 42 heavy (non-hydrogen) atoms. The second-order valence-electron chi connectivity index (χ2n) is 11.1. The van der Waals surface area contributed by atoms with Gasteiger partial charge in [0.2, 0.25) is 6.41 Å². The van der Waals surface area contributed by atoms with Gasteiger partial charge in [-0.1, -0.05) is 63.2 Å². The highest BCUT2D eigenvalue weighted by molar-refractivity contribution is 6.31. The molecule has 2 amide bonds. The second kappa shape index (κ2) is 16.0. The van der Waals surface area contributed by atoms with E-state index >= 15 is 0 Å². The van der Waals surface area contributed by atoms with Crippen LogP contribution < -0.4 is 25.0 Å². The van der Waals surface area contributed by atoms with Crippen molar-refractivity contribution in [2.75, 3.05) is 31.7 Å². The topological polar surface area (TPSA) is 97.0 Å². The number of benzene rings is 2. The predicted octanol–water partition coefficient (Wildman–Crippen LogP) is 6.07. The fourth-order valence-corrected chi connectivity index (χ4v) is 5.28. The summed E-state index contributed by atoms with van der Waals surface area (Å²) in [5.74, 6) is 0.520. The van der Waals surface area contributed by atoms with Crippen LogP contribution in [0.3, 0.4) is 0 Å². The van der Waals surface area contributed by atoms with Crippen LogP contribution in [0.1, 0.15) is 53.4 Å². The number of anilines is 1. The standard InChI is InChI=1S/C18H24ClFN2O3.C9H10ClNO.C3H6.CH2O/c1-11(2)18(9-17(4,12(18)3)21-10-23)22-16(24)8-25-13-5-6-14(19)15(20)7-13;1-11-4-5-12-9-3-2-7(10)6-8(9)11;1-2-3-1;1-2/h5-7,10-12H,8-9H2,1-4H3,(H,21,23)(H,22,24);2-3,6H,4-5H2,1H3;1-3H2;1H2. The first-order chi connectivity index (χ1) is 19.9. The van der Waals surface area contributed by atoms with E-state index in [1.165, 1.54) is 31.4 Å². The summed E-state index contributed by atoms with van der Waals surface area (Å²) < 4.78 is 24.2. The summed E-state index contributed by atoms with van der Waals surface area (Å²) in [5, 5.41) is 6.65. The first kappa shape index (κ1) is 35.2. The summed E-state index contributed by atoms with van der Waals surface area (Å²) in [7, 11) is 2.04. The summed E-state index contributed by atoms with van der Waals surface area (Å²) in [6, 6.07) is 9.71. The number of hydrogen-bond donors (Lipinski definition) is 2. The molecule has 0 saturated heterocycles. The number of hydrogen-bond acceptors (Lipinski definition) is 6. The molecular formula is C31H42Cl2FN3O5. The first-order valence-corrected chi connectivity index (χ1v) is 14.7. The minimum Gasteiger partial charge on any atom is -0.490 e. The highest BCUT2D eigenvalue weighted by Gasteiger charge is 2.60. The van der Waals surface area contributed by atoms with Gasteiger partial charge in [0.1, 0.15) is 30.7 Å². The van der Waals surface area contributed by atoms with Crippen molar-refractivity contribution < 1.29 is 28.2 Å². The van der Waals surface area contributed by atoms with Crippen LogP contribution in [0.15, 0.2) is 36.4 Å². The molecule has 3 atom stereocenters. The van der Waals surface area contributed by atoms with Gasteiger partial charge in [0.05, 0.1) is 17.3 Å². The molecule has 3 unspecified atom stereocenters. The zero-order chi connectivity index (χ0) is 31.5. The molecule has 5 rings (SSSR count). The molecular weight excluding hydrogens is 584 g/mol. The SMILES string of the molecule is C1CC1.C=O.CC(C)C1(NC(=O)COc2ccc(Cl)c(F)c2)CC(C)(NC=O)C1C.CN1CCOc2ccc(Cl)cc21. The third-order valence-corrected chi connectivity index (χ3v) is 8.35. The van der Waals surface area contributed by atoms with Gasteiger partial charge in [-0.2, -0.15) is 0 Å². The summed E-state index contributed by atoms with van der Waals surface area (Å²) in [6.07, 6.45) is 5.83. The molecule has 2 aromatic carbocycles. The molecule has 11 heteroatoms. The van der Waals surface area contributed by atoms with E-state index in [0.29, 0.717) is 12.8 Å². The molecule has 2 aliphatic carbocycles. The fourth-order valence-electron chi connectivity index (χ4n) is 5.00. The van der Waals surface area contributed by atoms with Crippen molar-refractivity contribution >= 4 is 48.0 Å². The van der Waals surface area contributed by atoms with E-state index in [4.69, 9.17) is 37.5 Å². The minimum absolute atomic E-state index is 0.000758. The van der Waals surface area contributed by atoms with E-state index in [0.717, 1.165) is 35.7 Å². The molecule has 1 aliphatic heterocycles. The van der Waals surface area contributed by atoms with Gasteiger partial charge in [-0.05, 0) is 49.6 Å². The van der Waals surface area contributed by atoms with E-state index in [9.17, 15) is 14.0 Å². The van der Waals surface area contributed by atoms with Gasteiger partial charge in [0.25, 0.3) is 5.91 Å². The average Bonchev–Trinajstić information content (AvgIpc) is 3.85. The number of nitrogens with zero attached hydrogens (tertiary/aromatic N) is 1. The number of nitrogens with one attached hydrogen (secondary N) is 2. The van der Waals surface area contributed by atoms with E-state index in [1.54, 1.807) is 0 Å². The highest BCUT2D eigenvalue weighted by Crippen LogP contribution is 2.50. The molecule has 2 saturated carbocycles. The van der Waals surface area contributed by atoms with Crippen LogP contribution in [0.4, 0.5) is 10.1 Å². The van der Waals surface area contributed by atoms with Crippen LogP contribution in [0.2, 0.25) is 10.0 Å². The Morgan fingerprint density at radius 3 is 2.43 bits per heavy atom. The Labute approximate surface area is 258 Å². The molecule has 8 nitrogen and oxygen atoms in total. The van der Waals surface area contributed by atoms with E-state index < -0.39 is 11.4 Å². The number of fused-ring (bicyclic) bond motifs is 1. The second-order valence-corrected chi connectivity index (χ2v) is 12.0. The summed E-state index contributed by atoms with van der Waals surface area (Å²) in [6.45, 7) is 11.5. The zero-order valence-electron chi connectivity index (χ0n) is 25.0. The molecule has 3 aliphatic rings. The third-order valence-electron chi connectivity index (χ3n) is 7.81. The molecule has 2 fully saturated rings. The van der Waals surface area contributed by atoms with E-state index in [1.807, 2.05) is 59.7 Å². The molecule has 0 spiro atoms. The largest absolute Gasteiger partial charge is 0.490 e. The lowest BCUT2D eigenvalue weighted by molar-refractivity contribution is -0.135. The van der Waals surface area contributed by atoms with Gasteiger partial charge in [-0.15, -0.1) is 0 Å². The van der Waals surface area contributed by atoms with Crippen LogP contribution >= 0.6 is 23.2 Å². The lowest BCUT2D eigenvalue weighted by Crippen LogP contribution is -2.77. The highest BCUT2D eigenvalue weighted by atomic mass is 35.5. The normalized spacial score (nSPS) is 23.0. The summed E-state index contributed by atoms with van der Waals surface area (Å²) >= 11 is 11.5. The third kappa shape index (κ3) is 9.23. The van der Waals surface area contributed by atoms with Crippen LogP contribution in [-0.4, -0.2) is 57.0 Å². The number of likely N-dealkylation sites (N-methyl/N-ethyl adjacent to an activating group) is 1. The van der Waals surface area contributed by atoms with E-state index in [2.05, 4.69) is 15.5 Å². The van der Waals surface area contributed by atoms with Crippen LogP contribution in [0, 0.1) is 17.7 Å². The molecule has 1 heterocycles. The monoisotopic (exact) mass is 625 g/mol. The van der Waals surface area contributed by atoms with Crippen molar-refractivity contribution in [1.29, 1.82) is 0 Å². The molecule has 0 aromatic heterocycles. The van der Waals surface area contributed by atoms with Gasteiger partial charge in [-0.3, -0.25) is 9.59 Å². The quantitative estimate of drug-likeness (QED) is 0.363. The zero-order valence-corrected chi connectivity index (χ0v) is 26.5. The Hall–Kier alpha value is -3.04. The fraction of sp³-hybridized carbons (Fsp3) is 0.516. The van der Waals surface area contributed by atoms with Crippen molar-refractivity contribution in [2.45, 2.75) is 64.5 Å². The number of ether oxygens (including phenoxy) is 2. The maximum absolute atomic E-state index is 13.4. The first-order valence-electron chi connectivity index (χ1n) is 13.9. The van der Waals surface area contributed by atoms with E-state index in [-0.39, 0.29) is 40.7 Å². The maximum atomic E-state index is 13.4. The van der Waals surface area contributed by atoms with Crippen molar-refractivity contribution in [3.63, 3.8) is 0 Å². The molecule has 2 aromatic rings. The molecule has 232 valence electrons. The number of carbonyl (C=O) groups is 3. The van der Waals surface area contributed by atoms with Gasteiger partial charge >= 0.3 is 0 Å². The lowest BCUT2D eigenvalue weighted by Gasteiger charge is -2.62. The molecule has 0 bridgehead atoms. The maximum Gasteiger partial charge on any atom is 0.258 e. The van der Waals surface area contributed by atoms with Gasteiger partial charge < -0.3 is 29.8 Å². The summed E-state index contributed by atoms with van der Waals surface area (Å²) in [4.78, 5) is 33.3. The Bertz CT molecular complexity index is 1200. The Balaban J connectivity index is 0.000000296. The number of carbonyl (C=O) groups excluding carboxylic acids is 3. The number of amides is 2. The van der Waals surface area contributed by atoms with Gasteiger partial charge in [-0.25, -0.2) is 4.39 Å². The minimum atomic E-state index is -0.596. The predicted molar refractivity (Wildman–Crippen MR) is 165 cm³/mol. The van der Waals surface area contributed by atoms with Crippen molar-refractivity contribution in [1.82, 2.24) is 10.6 Å². The van der Waals surface area contributed by atoms with Crippen molar-refractivity contribution in [2.24, 2.45) is 11.8 Å². The Morgan fingerprint density at radius 1 is 1.21 bits per heavy atom. The lowest BCUT2D eigenvalue weighted by atomic mass is 9.51. The molecule has 2 N–H and O–H groups in total. The Morgan fingerprint density at radius 2 is 1.88 bits per heavy atom. The Kier molecular flexibility index (Phi) is 13.4. The van der Waals surface area contributed by atoms with Gasteiger partial charge in [0.15, 0.2) is 6.61 Å². The number of halogens is 3. The average molecular weight is 627 g/mol. The number of rotatable bonds is 7. The van der Waals surface area contributed by atoms with Crippen LogP contribution in [0.5, 0.6) is 11.5 Å². The van der Waals surface area contributed by atoms with Gasteiger partial charge in [0, 0.05) is 35.1 Å². The smallest absolute Gasteiger partial charge is 0.258 e. The molecule has 0 radical (unpaired) electrons.